The molecule has 2 fully saturated rings. The summed E-state index contributed by atoms with van der Waals surface area (Å²) in [6.45, 7) is 13.0. The zero-order valence-electron chi connectivity index (χ0n) is 14.4. The van der Waals surface area contributed by atoms with Crippen molar-refractivity contribution in [3.8, 4) is 0 Å². The van der Waals surface area contributed by atoms with Crippen LogP contribution in [0, 0.1) is 17.3 Å². The van der Waals surface area contributed by atoms with Gasteiger partial charge in [-0.3, -0.25) is 4.79 Å². The van der Waals surface area contributed by atoms with Crippen molar-refractivity contribution < 1.29 is 14.3 Å². The highest BCUT2D eigenvalue weighted by atomic mass is 16.6. The summed E-state index contributed by atoms with van der Waals surface area (Å²) in [6.07, 6.45) is 1.95. The minimum atomic E-state index is -0.274. The van der Waals surface area contributed by atoms with E-state index in [4.69, 9.17) is 4.74 Å². The van der Waals surface area contributed by atoms with E-state index in [1.807, 2.05) is 4.90 Å². The van der Waals surface area contributed by atoms with E-state index in [1.54, 1.807) is 11.8 Å². The number of nitrogens with zero attached hydrogens (tertiary/aromatic N) is 2. The molecule has 1 aliphatic carbocycles. The minimum Gasteiger partial charge on any atom is -0.450 e. The van der Waals surface area contributed by atoms with Crippen LogP contribution in [0.4, 0.5) is 4.79 Å². The highest BCUT2D eigenvalue weighted by Crippen LogP contribution is 2.60. The maximum atomic E-state index is 12.7. The van der Waals surface area contributed by atoms with Gasteiger partial charge < -0.3 is 14.5 Å². The van der Waals surface area contributed by atoms with E-state index in [-0.39, 0.29) is 23.3 Å². The maximum Gasteiger partial charge on any atom is 0.409 e. The summed E-state index contributed by atoms with van der Waals surface area (Å²) in [5, 5.41) is 0. The van der Waals surface area contributed by atoms with E-state index in [0.29, 0.717) is 38.7 Å². The predicted octanol–water partition coefficient (Wildman–Crippen LogP) is 2.53. The van der Waals surface area contributed by atoms with Crippen LogP contribution in [0.25, 0.3) is 0 Å². The van der Waals surface area contributed by atoms with Gasteiger partial charge in [-0.2, -0.15) is 0 Å². The van der Waals surface area contributed by atoms with Crippen LogP contribution in [0.3, 0.4) is 0 Å². The van der Waals surface area contributed by atoms with Crippen LogP contribution in [-0.2, 0) is 9.53 Å². The summed E-state index contributed by atoms with van der Waals surface area (Å²) in [5.41, 5.74) is 1.31. The second-order valence-corrected chi connectivity index (χ2v) is 7.08. The third kappa shape index (κ3) is 3.28. The fourth-order valence-electron chi connectivity index (χ4n) is 3.34. The Morgan fingerprint density at radius 1 is 1.14 bits per heavy atom. The van der Waals surface area contributed by atoms with Crippen LogP contribution in [0.5, 0.6) is 0 Å². The van der Waals surface area contributed by atoms with Crippen LogP contribution in [-0.4, -0.2) is 54.6 Å². The topological polar surface area (TPSA) is 49.9 Å². The molecule has 0 spiro atoms. The highest BCUT2D eigenvalue weighted by molar-refractivity contribution is 5.84. The molecule has 22 heavy (non-hydrogen) atoms. The van der Waals surface area contributed by atoms with E-state index in [2.05, 4.69) is 33.8 Å². The fraction of sp³-hybridized carbons (Fsp3) is 0.765. The first-order chi connectivity index (χ1) is 10.3. The molecule has 2 aliphatic rings. The first kappa shape index (κ1) is 16.8. The van der Waals surface area contributed by atoms with Crippen molar-refractivity contribution in [2.75, 3.05) is 32.8 Å². The van der Waals surface area contributed by atoms with E-state index < -0.39 is 0 Å². The Bertz CT molecular complexity index is 472. The molecule has 1 aliphatic heterocycles. The van der Waals surface area contributed by atoms with Crippen molar-refractivity contribution in [3.05, 3.63) is 11.6 Å². The van der Waals surface area contributed by atoms with E-state index in [1.165, 1.54) is 5.57 Å². The molecule has 2 unspecified atom stereocenters. The summed E-state index contributed by atoms with van der Waals surface area (Å²) in [7, 11) is 0. The second kappa shape index (κ2) is 6.31. The second-order valence-electron chi connectivity index (χ2n) is 7.08. The predicted molar refractivity (Wildman–Crippen MR) is 85.4 cm³/mol. The van der Waals surface area contributed by atoms with Gasteiger partial charge in [0, 0.05) is 26.2 Å². The normalized spacial score (nSPS) is 26.4. The number of rotatable bonds is 3. The Hall–Kier alpha value is -1.52. The molecular weight excluding hydrogens is 280 g/mol. The van der Waals surface area contributed by atoms with Crippen molar-refractivity contribution in [1.29, 1.82) is 0 Å². The SMILES string of the molecule is CCOC(=O)N1CCN(C(=O)C2C(C=C(C)C)C2(C)C)CC1. The number of allylic oxidation sites excluding steroid dienone is 2. The van der Waals surface area contributed by atoms with Crippen LogP contribution in [0.15, 0.2) is 11.6 Å². The molecule has 2 rings (SSSR count). The van der Waals surface area contributed by atoms with Gasteiger partial charge in [-0.1, -0.05) is 25.5 Å². The lowest BCUT2D eigenvalue weighted by Crippen LogP contribution is -2.51. The minimum absolute atomic E-state index is 0.0482. The summed E-state index contributed by atoms with van der Waals surface area (Å²) >= 11 is 0. The van der Waals surface area contributed by atoms with Crippen LogP contribution >= 0.6 is 0 Å². The average Bonchev–Trinajstić information content (AvgIpc) is 2.98. The largest absolute Gasteiger partial charge is 0.450 e. The third-order valence-corrected chi connectivity index (χ3v) is 4.81. The maximum absolute atomic E-state index is 12.7. The van der Waals surface area contributed by atoms with Gasteiger partial charge in [-0.05, 0) is 32.1 Å². The van der Waals surface area contributed by atoms with Crippen molar-refractivity contribution in [3.63, 3.8) is 0 Å². The molecular formula is C17H28N2O3. The Labute approximate surface area is 133 Å². The molecule has 5 heteroatoms. The molecule has 0 aromatic heterocycles. The summed E-state index contributed by atoms with van der Waals surface area (Å²) in [4.78, 5) is 28.0. The number of carbonyl (C=O) groups excluding carboxylic acids is 2. The summed E-state index contributed by atoms with van der Waals surface area (Å²) in [5.74, 6) is 0.653. The first-order valence-corrected chi connectivity index (χ1v) is 8.14. The molecule has 1 heterocycles. The standard InChI is InChI=1S/C17H28N2O3/c1-6-22-16(21)19-9-7-18(8-10-19)15(20)14-13(11-12(2)3)17(14,4)5/h11,13-14H,6-10H2,1-5H3. The van der Waals surface area contributed by atoms with Crippen molar-refractivity contribution in [2.45, 2.75) is 34.6 Å². The van der Waals surface area contributed by atoms with Gasteiger partial charge in [0.25, 0.3) is 0 Å². The molecule has 1 saturated carbocycles. The van der Waals surface area contributed by atoms with Gasteiger partial charge in [0.1, 0.15) is 0 Å². The smallest absolute Gasteiger partial charge is 0.409 e. The van der Waals surface area contributed by atoms with E-state index >= 15 is 0 Å². The molecule has 0 bridgehead atoms. The highest BCUT2D eigenvalue weighted by Gasteiger charge is 2.61. The third-order valence-electron chi connectivity index (χ3n) is 4.81. The van der Waals surface area contributed by atoms with E-state index in [9.17, 15) is 9.59 Å². The van der Waals surface area contributed by atoms with Crippen molar-refractivity contribution in [1.82, 2.24) is 9.80 Å². The molecule has 0 N–H and O–H groups in total. The monoisotopic (exact) mass is 308 g/mol. The number of carbonyl (C=O) groups is 2. The van der Waals surface area contributed by atoms with Gasteiger partial charge in [0.2, 0.25) is 5.91 Å². The Kier molecular flexibility index (Phi) is 4.83. The van der Waals surface area contributed by atoms with Gasteiger partial charge in [0.15, 0.2) is 0 Å². The molecule has 0 aromatic carbocycles. The first-order valence-electron chi connectivity index (χ1n) is 8.14. The lowest BCUT2D eigenvalue weighted by Gasteiger charge is -2.34. The van der Waals surface area contributed by atoms with Gasteiger partial charge in [-0.25, -0.2) is 4.79 Å². The molecule has 0 radical (unpaired) electrons. The molecule has 1 saturated heterocycles. The quantitative estimate of drug-likeness (QED) is 0.753. The number of piperazine rings is 1. The van der Waals surface area contributed by atoms with E-state index in [0.717, 1.165) is 0 Å². The van der Waals surface area contributed by atoms with Gasteiger partial charge >= 0.3 is 6.09 Å². The Morgan fingerprint density at radius 2 is 1.68 bits per heavy atom. The van der Waals surface area contributed by atoms with Crippen LogP contribution in [0.2, 0.25) is 0 Å². The number of amides is 2. The Balaban J connectivity index is 1.91. The zero-order chi connectivity index (χ0) is 16.5. The lowest BCUT2D eigenvalue weighted by atomic mass is 10.1. The fourth-order valence-corrected chi connectivity index (χ4v) is 3.34. The van der Waals surface area contributed by atoms with Gasteiger partial charge in [-0.15, -0.1) is 0 Å². The number of ether oxygens (including phenoxy) is 1. The molecule has 5 nitrogen and oxygen atoms in total. The summed E-state index contributed by atoms with van der Waals surface area (Å²) < 4.78 is 5.01. The Morgan fingerprint density at radius 3 is 2.18 bits per heavy atom. The summed E-state index contributed by atoms with van der Waals surface area (Å²) in [6, 6.07) is 0. The molecule has 0 aromatic rings. The van der Waals surface area contributed by atoms with Crippen molar-refractivity contribution >= 4 is 12.0 Å². The lowest BCUT2D eigenvalue weighted by molar-refractivity contribution is -0.135. The molecule has 2 amide bonds. The van der Waals surface area contributed by atoms with Crippen molar-refractivity contribution in [2.24, 2.45) is 17.3 Å². The number of hydrogen-bond donors (Lipinski definition) is 0. The zero-order valence-corrected chi connectivity index (χ0v) is 14.4. The average molecular weight is 308 g/mol. The molecule has 124 valence electrons. The molecule has 2 atom stereocenters. The van der Waals surface area contributed by atoms with Crippen LogP contribution in [0.1, 0.15) is 34.6 Å². The van der Waals surface area contributed by atoms with Gasteiger partial charge in [0.05, 0.1) is 12.5 Å². The van der Waals surface area contributed by atoms with Crippen LogP contribution < -0.4 is 0 Å². The number of hydrogen-bond acceptors (Lipinski definition) is 3.